The smallest absolute Gasteiger partial charge is 0.0166 e. The topological polar surface area (TPSA) is 3.24 Å². The Morgan fingerprint density at radius 3 is 2.60 bits per heavy atom. The van der Waals surface area contributed by atoms with Gasteiger partial charge in [0.1, 0.15) is 0 Å². The fourth-order valence-corrected chi connectivity index (χ4v) is 1.39. The first-order valence-electron chi connectivity index (χ1n) is 4.11. The van der Waals surface area contributed by atoms with Gasteiger partial charge in [-0.1, -0.05) is 19.1 Å². The molecule has 0 aliphatic carbocycles. The summed E-state index contributed by atoms with van der Waals surface area (Å²) in [7, 11) is 0. The van der Waals surface area contributed by atoms with E-state index in [9.17, 15) is 0 Å². The molecule has 0 amide bonds. The van der Waals surface area contributed by atoms with Crippen molar-refractivity contribution < 1.29 is 0 Å². The third kappa shape index (κ3) is 1.40. The van der Waals surface area contributed by atoms with Crippen LogP contribution in [0.15, 0.2) is 12.2 Å². The van der Waals surface area contributed by atoms with E-state index in [4.69, 9.17) is 0 Å². The van der Waals surface area contributed by atoms with Crippen molar-refractivity contribution in [1.29, 1.82) is 0 Å². The maximum Gasteiger partial charge on any atom is 0.0166 e. The van der Waals surface area contributed by atoms with Gasteiger partial charge in [0.25, 0.3) is 0 Å². The van der Waals surface area contributed by atoms with E-state index in [0.29, 0.717) is 0 Å². The van der Waals surface area contributed by atoms with Crippen molar-refractivity contribution in [2.24, 2.45) is 5.92 Å². The van der Waals surface area contributed by atoms with Gasteiger partial charge in [-0.3, -0.25) is 4.90 Å². The Morgan fingerprint density at radius 1 is 1.50 bits per heavy atom. The Bertz CT molecular complexity index is 129. The molecule has 2 unspecified atom stereocenters. The second-order valence-corrected chi connectivity index (χ2v) is 3.24. The van der Waals surface area contributed by atoms with Crippen molar-refractivity contribution in [2.45, 2.75) is 26.8 Å². The van der Waals surface area contributed by atoms with E-state index in [2.05, 4.69) is 37.8 Å². The van der Waals surface area contributed by atoms with Crippen LogP contribution in [0.4, 0.5) is 0 Å². The minimum atomic E-state index is 0.802. The first-order valence-corrected chi connectivity index (χ1v) is 4.11. The molecule has 0 bridgehead atoms. The molecule has 0 N–H and O–H groups in total. The molecule has 0 saturated carbocycles. The summed E-state index contributed by atoms with van der Waals surface area (Å²) in [5, 5.41) is 0. The lowest BCUT2D eigenvalue weighted by molar-refractivity contribution is 0.0512. The predicted octanol–water partition coefficient (Wildman–Crippen LogP) is 1.90. The largest absolute Gasteiger partial charge is 0.296 e. The minimum Gasteiger partial charge on any atom is -0.296 e. The number of nitrogens with zero attached hydrogens (tertiary/aromatic N) is 1. The maximum absolute atomic E-state index is 2.49. The second kappa shape index (κ2) is 3.20. The Hall–Kier alpha value is -0.300. The molecule has 58 valence electrons. The van der Waals surface area contributed by atoms with Crippen LogP contribution in [0.2, 0.25) is 0 Å². The molecule has 0 aromatic rings. The minimum absolute atomic E-state index is 0.802. The summed E-state index contributed by atoms with van der Waals surface area (Å²) in [6.07, 6.45) is 4.35. The molecule has 1 aliphatic heterocycles. The SMILES string of the molecule is C/C=C/CN1CC(C)C1C. The van der Waals surface area contributed by atoms with Gasteiger partial charge in [-0.25, -0.2) is 0 Å². The summed E-state index contributed by atoms with van der Waals surface area (Å²) >= 11 is 0. The van der Waals surface area contributed by atoms with Crippen LogP contribution >= 0.6 is 0 Å². The van der Waals surface area contributed by atoms with Gasteiger partial charge in [-0.05, 0) is 19.8 Å². The summed E-state index contributed by atoms with van der Waals surface area (Å²) in [5.74, 6) is 0.908. The van der Waals surface area contributed by atoms with Crippen LogP contribution < -0.4 is 0 Å². The molecule has 0 aromatic carbocycles. The highest BCUT2D eigenvalue weighted by Crippen LogP contribution is 2.22. The highest BCUT2D eigenvalue weighted by molar-refractivity contribution is 4.91. The van der Waals surface area contributed by atoms with E-state index in [0.717, 1.165) is 18.5 Å². The third-order valence-corrected chi connectivity index (χ3v) is 2.50. The number of allylic oxidation sites excluding steroid dienone is 1. The molecule has 0 spiro atoms. The molecule has 0 aromatic heterocycles. The molecule has 0 radical (unpaired) electrons. The quantitative estimate of drug-likeness (QED) is 0.528. The van der Waals surface area contributed by atoms with Crippen molar-refractivity contribution in [3.8, 4) is 0 Å². The van der Waals surface area contributed by atoms with E-state index < -0.39 is 0 Å². The molecule has 2 atom stereocenters. The van der Waals surface area contributed by atoms with Gasteiger partial charge >= 0.3 is 0 Å². The van der Waals surface area contributed by atoms with Crippen LogP contribution in [0.25, 0.3) is 0 Å². The Kier molecular flexibility index (Phi) is 2.50. The van der Waals surface area contributed by atoms with Gasteiger partial charge in [0.15, 0.2) is 0 Å². The number of hydrogen-bond donors (Lipinski definition) is 0. The van der Waals surface area contributed by atoms with Crippen molar-refractivity contribution in [3.05, 3.63) is 12.2 Å². The molecule has 1 aliphatic rings. The third-order valence-electron chi connectivity index (χ3n) is 2.50. The number of rotatable bonds is 2. The lowest BCUT2D eigenvalue weighted by Crippen LogP contribution is -2.52. The van der Waals surface area contributed by atoms with Crippen LogP contribution in [0, 0.1) is 5.92 Å². The Labute approximate surface area is 63.7 Å². The number of hydrogen-bond acceptors (Lipinski definition) is 1. The number of likely N-dealkylation sites (tertiary alicyclic amines) is 1. The van der Waals surface area contributed by atoms with E-state index in [1.165, 1.54) is 6.54 Å². The monoisotopic (exact) mass is 139 g/mol. The first kappa shape index (κ1) is 7.80. The van der Waals surface area contributed by atoms with Gasteiger partial charge in [0.05, 0.1) is 0 Å². The molecular weight excluding hydrogens is 122 g/mol. The lowest BCUT2D eigenvalue weighted by atomic mass is 9.92. The van der Waals surface area contributed by atoms with Crippen LogP contribution in [-0.2, 0) is 0 Å². The summed E-state index contributed by atoms with van der Waals surface area (Å²) in [6.45, 7) is 9.12. The van der Waals surface area contributed by atoms with E-state index in [1.807, 2.05) is 0 Å². The average molecular weight is 139 g/mol. The van der Waals surface area contributed by atoms with Crippen molar-refractivity contribution in [2.75, 3.05) is 13.1 Å². The van der Waals surface area contributed by atoms with Crippen LogP contribution in [0.3, 0.4) is 0 Å². The molecule has 10 heavy (non-hydrogen) atoms. The average Bonchev–Trinajstić information content (AvgIpc) is 1.97. The summed E-state index contributed by atoms with van der Waals surface area (Å²) in [4.78, 5) is 2.49. The fourth-order valence-electron chi connectivity index (χ4n) is 1.39. The van der Waals surface area contributed by atoms with Crippen LogP contribution in [0.5, 0.6) is 0 Å². The zero-order valence-electron chi connectivity index (χ0n) is 7.17. The maximum atomic E-state index is 2.49. The zero-order valence-corrected chi connectivity index (χ0v) is 7.17. The molecule has 1 heteroatoms. The molecule has 1 heterocycles. The van der Waals surface area contributed by atoms with Crippen LogP contribution in [-0.4, -0.2) is 24.0 Å². The zero-order chi connectivity index (χ0) is 7.56. The summed E-state index contributed by atoms with van der Waals surface area (Å²) < 4.78 is 0. The van der Waals surface area contributed by atoms with E-state index >= 15 is 0 Å². The van der Waals surface area contributed by atoms with Crippen molar-refractivity contribution in [1.82, 2.24) is 4.90 Å². The molecule has 1 nitrogen and oxygen atoms in total. The highest BCUT2D eigenvalue weighted by atomic mass is 15.2. The predicted molar refractivity (Wildman–Crippen MR) is 45.0 cm³/mol. The summed E-state index contributed by atoms with van der Waals surface area (Å²) in [6, 6.07) is 0.802. The fraction of sp³-hybridized carbons (Fsp3) is 0.778. The molecule has 1 rings (SSSR count). The van der Waals surface area contributed by atoms with Gasteiger partial charge in [-0.2, -0.15) is 0 Å². The standard InChI is InChI=1S/C9H17N/c1-4-5-6-10-7-8(2)9(10)3/h4-5,8-9H,6-7H2,1-3H3/b5-4+. The Balaban J connectivity index is 2.20. The molecular formula is C9H17N. The Morgan fingerprint density at radius 2 is 2.20 bits per heavy atom. The van der Waals surface area contributed by atoms with Gasteiger partial charge in [-0.15, -0.1) is 0 Å². The van der Waals surface area contributed by atoms with Gasteiger partial charge in [0.2, 0.25) is 0 Å². The normalized spacial score (nSPS) is 34.7. The van der Waals surface area contributed by atoms with Crippen LogP contribution in [0.1, 0.15) is 20.8 Å². The lowest BCUT2D eigenvalue weighted by Gasteiger charge is -2.44. The molecule has 1 fully saturated rings. The first-order chi connectivity index (χ1) is 4.75. The van der Waals surface area contributed by atoms with Crippen molar-refractivity contribution in [3.63, 3.8) is 0 Å². The highest BCUT2D eigenvalue weighted by Gasteiger charge is 2.29. The second-order valence-electron chi connectivity index (χ2n) is 3.24. The van der Waals surface area contributed by atoms with Crippen molar-refractivity contribution >= 4 is 0 Å². The summed E-state index contributed by atoms with van der Waals surface area (Å²) in [5.41, 5.74) is 0. The van der Waals surface area contributed by atoms with Gasteiger partial charge < -0.3 is 0 Å². The van der Waals surface area contributed by atoms with E-state index in [-0.39, 0.29) is 0 Å². The van der Waals surface area contributed by atoms with E-state index in [1.54, 1.807) is 0 Å². The molecule has 1 saturated heterocycles. The van der Waals surface area contributed by atoms with Gasteiger partial charge in [0, 0.05) is 19.1 Å².